The van der Waals surface area contributed by atoms with E-state index in [1.54, 1.807) is 51.5 Å². The molecule has 0 aromatic heterocycles. The molecule has 2 aromatic carbocycles. The lowest BCUT2D eigenvalue weighted by molar-refractivity contribution is -0.130. The van der Waals surface area contributed by atoms with Crippen LogP contribution < -0.4 is 24.3 Å². The number of nitrogens with one attached hydrogen (secondary N) is 1. The summed E-state index contributed by atoms with van der Waals surface area (Å²) >= 11 is 0. The number of amides is 2. The molecule has 0 bridgehead atoms. The Balaban J connectivity index is 2.00. The first-order valence-electron chi connectivity index (χ1n) is 10.5. The molecule has 32 heavy (non-hydrogen) atoms. The van der Waals surface area contributed by atoms with Crippen molar-refractivity contribution in [1.82, 2.24) is 10.2 Å². The minimum Gasteiger partial charge on any atom is -0.493 e. The fourth-order valence-corrected chi connectivity index (χ4v) is 2.75. The molecule has 0 fully saturated rings. The Hall–Kier alpha value is -3.42. The number of rotatable bonds is 12. The first-order chi connectivity index (χ1) is 15.4. The third-order valence-electron chi connectivity index (χ3n) is 4.71. The second kappa shape index (κ2) is 12.4. The average Bonchev–Trinajstić information content (AvgIpc) is 2.81. The highest BCUT2D eigenvalue weighted by Crippen LogP contribution is 2.29. The summed E-state index contributed by atoms with van der Waals surface area (Å²) in [6, 6.07) is 10.4. The maximum atomic E-state index is 12.6. The second-order valence-electron chi connectivity index (χ2n) is 7.31. The Morgan fingerprint density at radius 3 is 2.22 bits per heavy atom. The Morgan fingerprint density at radius 2 is 1.56 bits per heavy atom. The van der Waals surface area contributed by atoms with E-state index in [1.165, 1.54) is 12.0 Å². The largest absolute Gasteiger partial charge is 0.493 e. The molecular formula is C24H32N2O6. The molecule has 1 N–H and O–H groups in total. The summed E-state index contributed by atoms with van der Waals surface area (Å²) in [7, 11) is 6.40. The van der Waals surface area contributed by atoms with E-state index in [1.807, 2.05) is 6.07 Å². The number of methoxy groups -OCH3 is 2. The molecule has 0 radical (unpaired) electrons. The highest BCUT2D eigenvalue weighted by molar-refractivity contribution is 5.94. The highest BCUT2D eigenvalue weighted by atomic mass is 16.5. The number of nitrogens with zero attached hydrogens (tertiary/aromatic N) is 1. The van der Waals surface area contributed by atoms with E-state index in [4.69, 9.17) is 18.9 Å². The van der Waals surface area contributed by atoms with Crippen LogP contribution in [0.4, 0.5) is 0 Å². The van der Waals surface area contributed by atoms with Gasteiger partial charge < -0.3 is 29.2 Å². The van der Waals surface area contributed by atoms with Crippen LogP contribution in [0.3, 0.4) is 0 Å². The summed E-state index contributed by atoms with van der Waals surface area (Å²) < 4.78 is 22.0. The summed E-state index contributed by atoms with van der Waals surface area (Å²) in [5.74, 6) is 1.69. The third kappa shape index (κ3) is 7.08. The van der Waals surface area contributed by atoms with Crippen LogP contribution in [-0.2, 0) is 11.3 Å². The monoisotopic (exact) mass is 444 g/mol. The van der Waals surface area contributed by atoms with Crippen LogP contribution in [-0.4, -0.2) is 58.2 Å². The molecule has 8 nitrogen and oxygen atoms in total. The minimum absolute atomic E-state index is 0.0839. The van der Waals surface area contributed by atoms with Crippen LogP contribution in [0, 0.1) is 0 Å². The molecule has 0 spiro atoms. The Morgan fingerprint density at radius 1 is 0.906 bits per heavy atom. The van der Waals surface area contributed by atoms with Gasteiger partial charge in [0.15, 0.2) is 29.6 Å². The van der Waals surface area contributed by atoms with Crippen LogP contribution in [0.1, 0.15) is 35.7 Å². The smallest absolute Gasteiger partial charge is 0.259 e. The van der Waals surface area contributed by atoms with Crippen molar-refractivity contribution in [3.63, 3.8) is 0 Å². The molecular weight excluding hydrogens is 412 g/mol. The van der Waals surface area contributed by atoms with Crippen molar-refractivity contribution >= 4 is 11.8 Å². The molecule has 0 aliphatic heterocycles. The normalized spacial score (nSPS) is 10.3. The van der Waals surface area contributed by atoms with E-state index >= 15 is 0 Å². The lowest BCUT2D eigenvalue weighted by Crippen LogP contribution is -2.27. The number of benzene rings is 2. The van der Waals surface area contributed by atoms with Gasteiger partial charge in [0, 0.05) is 26.2 Å². The predicted octanol–water partition coefficient (Wildman–Crippen LogP) is 3.28. The van der Waals surface area contributed by atoms with Gasteiger partial charge in [0.1, 0.15) is 0 Å². The van der Waals surface area contributed by atoms with Gasteiger partial charge in [0.2, 0.25) is 0 Å². The maximum absolute atomic E-state index is 12.6. The van der Waals surface area contributed by atoms with Crippen LogP contribution in [0.25, 0.3) is 0 Å². The average molecular weight is 445 g/mol. The van der Waals surface area contributed by atoms with Gasteiger partial charge in [-0.3, -0.25) is 9.59 Å². The molecule has 0 saturated carbocycles. The van der Waals surface area contributed by atoms with Crippen molar-refractivity contribution in [2.45, 2.75) is 26.3 Å². The predicted molar refractivity (Wildman–Crippen MR) is 122 cm³/mol. The molecule has 0 aliphatic carbocycles. The number of hydrogen-bond acceptors (Lipinski definition) is 6. The van der Waals surface area contributed by atoms with Gasteiger partial charge in [-0.05, 0) is 42.3 Å². The maximum Gasteiger partial charge on any atom is 0.259 e. The molecule has 0 saturated heterocycles. The number of hydrogen-bond donors (Lipinski definition) is 1. The molecule has 174 valence electrons. The third-order valence-corrected chi connectivity index (χ3v) is 4.71. The summed E-state index contributed by atoms with van der Waals surface area (Å²) in [4.78, 5) is 25.8. The second-order valence-corrected chi connectivity index (χ2v) is 7.31. The van der Waals surface area contributed by atoms with Crippen molar-refractivity contribution in [2.24, 2.45) is 0 Å². The molecule has 2 rings (SSSR count). The number of carbonyl (C=O) groups is 2. The van der Waals surface area contributed by atoms with Crippen molar-refractivity contribution in [3.05, 3.63) is 47.5 Å². The van der Waals surface area contributed by atoms with Crippen LogP contribution in [0.2, 0.25) is 0 Å². The summed E-state index contributed by atoms with van der Waals surface area (Å²) in [5, 5.41) is 2.88. The van der Waals surface area contributed by atoms with Crippen LogP contribution in [0.15, 0.2) is 36.4 Å². The van der Waals surface area contributed by atoms with E-state index in [2.05, 4.69) is 12.2 Å². The Kier molecular flexibility index (Phi) is 9.66. The zero-order chi connectivity index (χ0) is 23.5. The Labute approximate surface area is 189 Å². The molecule has 8 heteroatoms. The summed E-state index contributed by atoms with van der Waals surface area (Å²) in [5.41, 5.74) is 1.30. The fourth-order valence-electron chi connectivity index (χ4n) is 2.75. The topological polar surface area (TPSA) is 86.3 Å². The van der Waals surface area contributed by atoms with Crippen molar-refractivity contribution in [1.29, 1.82) is 0 Å². The van der Waals surface area contributed by atoms with E-state index in [9.17, 15) is 9.59 Å². The fraction of sp³-hybridized carbons (Fsp3) is 0.417. The van der Waals surface area contributed by atoms with E-state index in [0.717, 1.165) is 18.4 Å². The van der Waals surface area contributed by atoms with Gasteiger partial charge >= 0.3 is 0 Å². The van der Waals surface area contributed by atoms with Crippen molar-refractivity contribution < 1.29 is 28.5 Å². The van der Waals surface area contributed by atoms with E-state index in [0.29, 0.717) is 41.7 Å². The zero-order valence-electron chi connectivity index (χ0n) is 19.4. The zero-order valence-corrected chi connectivity index (χ0v) is 19.4. The first-order valence-corrected chi connectivity index (χ1v) is 10.5. The van der Waals surface area contributed by atoms with Gasteiger partial charge in [0.25, 0.3) is 11.8 Å². The molecule has 0 aliphatic rings. The molecule has 0 unspecified atom stereocenters. The first kappa shape index (κ1) is 24.8. The van der Waals surface area contributed by atoms with E-state index in [-0.39, 0.29) is 18.4 Å². The van der Waals surface area contributed by atoms with Gasteiger partial charge in [0.05, 0.1) is 20.8 Å². The van der Waals surface area contributed by atoms with Gasteiger partial charge in [-0.15, -0.1) is 0 Å². The van der Waals surface area contributed by atoms with Gasteiger partial charge in [-0.25, -0.2) is 0 Å². The van der Waals surface area contributed by atoms with Crippen LogP contribution >= 0.6 is 0 Å². The highest BCUT2D eigenvalue weighted by Gasteiger charge is 2.13. The molecule has 2 amide bonds. The molecule has 0 heterocycles. The number of likely N-dealkylation sites (N-methyl/N-ethyl adjacent to an activating group) is 1. The van der Waals surface area contributed by atoms with Crippen molar-refractivity contribution in [2.75, 3.05) is 41.5 Å². The number of ether oxygens (including phenoxy) is 4. The SMILES string of the molecule is CCCCOc1ccc(C(=O)NCc2ccc(OCC(=O)N(C)C)c(OC)c2)cc1OC. The lowest BCUT2D eigenvalue weighted by Gasteiger charge is -2.15. The quantitative estimate of drug-likeness (QED) is 0.506. The van der Waals surface area contributed by atoms with Gasteiger partial charge in [-0.1, -0.05) is 19.4 Å². The molecule has 2 aromatic rings. The summed E-state index contributed by atoms with van der Waals surface area (Å²) in [6.07, 6.45) is 1.99. The van der Waals surface area contributed by atoms with Gasteiger partial charge in [-0.2, -0.15) is 0 Å². The standard InChI is InChI=1S/C24H32N2O6/c1-6-7-12-31-19-11-9-18(14-22(19)30-5)24(28)25-15-17-8-10-20(21(13-17)29-4)32-16-23(27)26(2)3/h8-11,13-14H,6-7,12,15-16H2,1-5H3,(H,25,28). The van der Waals surface area contributed by atoms with Crippen molar-refractivity contribution in [3.8, 4) is 23.0 Å². The number of carbonyl (C=O) groups excluding carboxylic acids is 2. The number of unbranched alkanes of at least 4 members (excludes halogenated alkanes) is 1. The lowest BCUT2D eigenvalue weighted by atomic mass is 10.1. The van der Waals surface area contributed by atoms with E-state index < -0.39 is 0 Å². The summed E-state index contributed by atoms with van der Waals surface area (Å²) in [6.45, 7) is 2.90. The molecule has 0 atom stereocenters. The minimum atomic E-state index is -0.237. The van der Waals surface area contributed by atoms with Crippen LogP contribution in [0.5, 0.6) is 23.0 Å². The Bertz CT molecular complexity index is 913.